The SMILES string of the molecule is CC[C@H](C(=O)N[C@@H](C)c1ccc(F)cc1)N(c1cccc(OC)c1)S(C)(=O)=O. The second-order valence-corrected chi connectivity index (χ2v) is 8.33. The van der Waals surface area contributed by atoms with Gasteiger partial charge in [0.15, 0.2) is 0 Å². The summed E-state index contributed by atoms with van der Waals surface area (Å²) in [5.74, 6) is -0.316. The minimum atomic E-state index is -3.74. The van der Waals surface area contributed by atoms with E-state index < -0.39 is 28.0 Å². The quantitative estimate of drug-likeness (QED) is 0.728. The van der Waals surface area contributed by atoms with Crippen LogP contribution in [0.2, 0.25) is 0 Å². The maximum absolute atomic E-state index is 13.1. The van der Waals surface area contributed by atoms with Crippen LogP contribution >= 0.6 is 0 Å². The van der Waals surface area contributed by atoms with E-state index in [4.69, 9.17) is 4.74 Å². The number of nitrogens with one attached hydrogen (secondary N) is 1. The summed E-state index contributed by atoms with van der Waals surface area (Å²) in [5, 5.41) is 2.82. The zero-order valence-electron chi connectivity index (χ0n) is 16.3. The molecule has 0 saturated carbocycles. The highest BCUT2D eigenvalue weighted by atomic mass is 32.2. The summed E-state index contributed by atoms with van der Waals surface area (Å²) in [6.45, 7) is 3.50. The van der Waals surface area contributed by atoms with Crippen molar-refractivity contribution >= 4 is 21.6 Å². The number of rotatable bonds is 8. The van der Waals surface area contributed by atoms with E-state index in [2.05, 4.69) is 5.32 Å². The Hall–Kier alpha value is -2.61. The largest absolute Gasteiger partial charge is 0.497 e. The predicted molar refractivity (Wildman–Crippen MR) is 107 cm³/mol. The summed E-state index contributed by atoms with van der Waals surface area (Å²) in [5.41, 5.74) is 1.06. The molecule has 1 N–H and O–H groups in total. The first-order chi connectivity index (χ1) is 13.2. The van der Waals surface area contributed by atoms with Gasteiger partial charge in [0.2, 0.25) is 15.9 Å². The molecule has 152 valence electrons. The van der Waals surface area contributed by atoms with Crippen LogP contribution in [0.25, 0.3) is 0 Å². The van der Waals surface area contributed by atoms with Crippen LogP contribution in [0.15, 0.2) is 48.5 Å². The molecular weight excluding hydrogens is 383 g/mol. The number of carbonyl (C=O) groups excluding carboxylic acids is 1. The summed E-state index contributed by atoms with van der Waals surface area (Å²) in [6, 6.07) is 11.0. The number of carbonyl (C=O) groups is 1. The molecule has 0 aliphatic rings. The number of hydrogen-bond donors (Lipinski definition) is 1. The number of anilines is 1. The first kappa shape index (κ1) is 21.7. The van der Waals surface area contributed by atoms with Crippen molar-refractivity contribution in [2.75, 3.05) is 17.7 Å². The standard InChI is InChI=1S/C20H25FN2O4S/c1-5-19(20(24)22-14(2)15-9-11-16(21)12-10-15)23(28(4,25)26)17-7-6-8-18(13-17)27-3/h6-14,19H,5H2,1-4H3,(H,22,24)/t14-,19+/m0/s1. The van der Waals surface area contributed by atoms with Gasteiger partial charge in [0.25, 0.3) is 0 Å². The number of hydrogen-bond acceptors (Lipinski definition) is 4. The molecule has 0 aromatic heterocycles. The van der Waals surface area contributed by atoms with Crippen LogP contribution in [0.5, 0.6) is 5.75 Å². The van der Waals surface area contributed by atoms with Crippen LogP contribution in [0.1, 0.15) is 31.9 Å². The minimum absolute atomic E-state index is 0.270. The van der Waals surface area contributed by atoms with E-state index in [0.717, 1.165) is 16.1 Å². The summed E-state index contributed by atoms with van der Waals surface area (Å²) in [6.07, 6.45) is 1.33. The molecule has 1 amide bonds. The molecule has 28 heavy (non-hydrogen) atoms. The van der Waals surface area contributed by atoms with E-state index in [-0.39, 0.29) is 12.2 Å². The molecule has 6 nitrogen and oxygen atoms in total. The molecule has 0 unspecified atom stereocenters. The van der Waals surface area contributed by atoms with Gasteiger partial charge in [-0.05, 0) is 43.2 Å². The van der Waals surface area contributed by atoms with Crippen LogP contribution in [0.4, 0.5) is 10.1 Å². The number of halogens is 1. The smallest absolute Gasteiger partial charge is 0.244 e. The molecule has 2 aromatic rings. The Morgan fingerprint density at radius 3 is 2.39 bits per heavy atom. The van der Waals surface area contributed by atoms with Gasteiger partial charge in [0.05, 0.1) is 25.1 Å². The van der Waals surface area contributed by atoms with Gasteiger partial charge in [-0.3, -0.25) is 9.10 Å². The number of nitrogens with zero attached hydrogens (tertiary/aromatic N) is 1. The molecule has 0 radical (unpaired) electrons. The zero-order valence-corrected chi connectivity index (χ0v) is 17.2. The molecule has 2 aromatic carbocycles. The average molecular weight is 408 g/mol. The molecule has 0 bridgehead atoms. The summed E-state index contributed by atoms with van der Waals surface area (Å²) in [7, 11) is -2.25. The summed E-state index contributed by atoms with van der Waals surface area (Å²) >= 11 is 0. The van der Waals surface area contributed by atoms with Crippen molar-refractivity contribution in [1.82, 2.24) is 5.32 Å². The number of methoxy groups -OCH3 is 1. The molecule has 0 aliphatic carbocycles. The lowest BCUT2D eigenvalue weighted by atomic mass is 10.1. The average Bonchev–Trinajstić information content (AvgIpc) is 2.65. The van der Waals surface area contributed by atoms with E-state index >= 15 is 0 Å². The second-order valence-electron chi connectivity index (χ2n) is 6.47. The van der Waals surface area contributed by atoms with Gasteiger partial charge in [0, 0.05) is 6.07 Å². The van der Waals surface area contributed by atoms with Crippen molar-refractivity contribution in [2.24, 2.45) is 0 Å². The van der Waals surface area contributed by atoms with Crippen LogP contribution in [-0.4, -0.2) is 33.7 Å². The third-order valence-electron chi connectivity index (χ3n) is 4.37. The number of amides is 1. The highest BCUT2D eigenvalue weighted by Gasteiger charge is 2.32. The Kier molecular flexibility index (Phi) is 7.01. The fraction of sp³-hybridized carbons (Fsp3) is 0.350. The summed E-state index contributed by atoms with van der Waals surface area (Å²) in [4.78, 5) is 12.9. The monoisotopic (exact) mass is 408 g/mol. The fourth-order valence-corrected chi connectivity index (χ4v) is 4.16. The van der Waals surface area contributed by atoms with Crippen LogP contribution in [0, 0.1) is 5.82 Å². The van der Waals surface area contributed by atoms with Gasteiger partial charge in [-0.15, -0.1) is 0 Å². The van der Waals surface area contributed by atoms with E-state index in [0.29, 0.717) is 11.4 Å². The number of benzene rings is 2. The molecule has 8 heteroatoms. The molecule has 2 atom stereocenters. The third-order valence-corrected chi connectivity index (χ3v) is 5.55. The van der Waals surface area contributed by atoms with E-state index in [9.17, 15) is 17.6 Å². The molecule has 0 saturated heterocycles. The van der Waals surface area contributed by atoms with E-state index in [1.807, 2.05) is 0 Å². The van der Waals surface area contributed by atoms with Gasteiger partial charge >= 0.3 is 0 Å². The Labute approximate surface area is 165 Å². The lowest BCUT2D eigenvalue weighted by Gasteiger charge is -2.31. The molecule has 0 fully saturated rings. The first-order valence-corrected chi connectivity index (χ1v) is 10.7. The van der Waals surface area contributed by atoms with Gasteiger partial charge < -0.3 is 10.1 Å². The fourth-order valence-electron chi connectivity index (χ4n) is 2.95. The van der Waals surface area contributed by atoms with Crippen LogP contribution < -0.4 is 14.4 Å². The van der Waals surface area contributed by atoms with Crippen molar-refractivity contribution in [1.29, 1.82) is 0 Å². The lowest BCUT2D eigenvalue weighted by molar-refractivity contribution is -0.122. The first-order valence-electron chi connectivity index (χ1n) is 8.86. The normalized spacial score (nSPS) is 13.5. The Morgan fingerprint density at radius 1 is 1.21 bits per heavy atom. The molecule has 2 rings (SSSR count). The van der Waals surface area contributed by atoms with Crippen molar-refractivity contribution in [3.63, 3.8) is 0 Å². The van der Waals surface area contributed by atoms with Gasteiger partial charge in [-0.1, -0.05) is 25.1 Å². The number of ether oxygens (including phenoxy) is 1. The van der Waals surface area contributed by atoms with Gasteiger partial charge in [0.1, 0.15) is 17.6 Å². The van der Waals surface area contributed by atoms with Crippen molar-refractivity contribution < 1.29 is 22.3 Å². The Bertz CT molecular complexity index is 916. The molecule has 0 spiro atoms. The van der Waals surface area contributed by atoms with E-state index in [1.165, 1.54) is 19.2 Å². The van der Waals surface area contributed by atoms with Crippen molar-refractivity contribution in [3.05, 3.63) is 59.9 Å². The van der Waals surface area contributed by atoms with Gasteiger partial charge in [-0.2, -0.15) is 0 Å². The second kappa shape index (κ2) is 9.05. The molecule has 0 heterocycles. The van der Waals surface area contributed by atoms with Crippen molar-refractivity contribution in [3.8, 4) is 5.75 Å². The maximum Gasteiger partial charge on any atom is 0.244 e. The van der Waals surface area contributed by atoms with Crippen molar-refractivity contribution in [2.45, 2.75) is 32.4 Å². The lowest BCUT2D eigenvalue weighted by Crippen LogP contribution is -2.49. The Morgan fingerprint density at radius 2 is 1.86 bits per heavy atom. The molecule has 0 aliphatic heterocycles. The zero-order chi connectivity index (χ0) is 20.9. The minimum Gasteiger partial charge on any atom is -0.497 e. The maximum atomic E-state index is 13.1. The van der Waals surface area contributed by atoms with Gasteiger partial charge in [-0.25, -0.2) is 12.8 Å². The van der Waals surface area contributed by atoms with Crippen LogP contribution in [-0.2, 0) is 14.8 Å². The Balaban J connectivity index is 2.32. The van der Waals surface area contributed by atoms with Crippen LogP contribution in [0.3, 0.4) is 0 Å². The summed E-state index contributed by atoms with van der Waals surface area (Å²) < 4.78 is 44.4. The number of sulfonamides is 1. The third kappa shape index (κ3) is 5.22. The highest BCUT2D eigenvalue weighted by Crippen LogP contribution is 2.27. The highest BCUT2D eigenvalue weighted by molar-refractivity contribution is 7.92. The predicted octanol–water partition coefficient (Wildman–Crippen LogP) is 3.26. The molecular formula is C20H25FN2O4S. The topological polar surface area (TPSA) is 75.7 Å². The van der Waals surface area contributed by atoms with E-state index in [1.54, 1.807) is 50.2 Å².